The number of anilines is 1. The van der Waals surface area contributed by atoms with Crippen molar-refractivity contribution < 1.29 is 14.7 Å². The molecule has 1 atom stereocenters. The van der Waals surface area contributed by atoms with E-state index in [9.17, 15) is 9.59 Å². The second-order valence-corrected chi connectivity index (χ2v) is 4.70. The number of benzene rings is 1. The van der Waals surface area contributed by atoms with E-state index in [-0.39, 0.29) is 17.5 Å². The fourth-order valence-electron chi connectivity index (χ4n) is 2.25. The number of nitrogens with one attached hydrogen (secondary N) is 2. The molecule has 1 heterocycles. The van der Waals surface area contributed by atoms with Crippen molar-refractivity contribution >= 4 is 17.6 Å². The van der Waals surface area contributed by atoms with Gasteiger partial charge in [-0.15, -0.1) is 0 Å². The van der Waals surface area contributed by atoms with Crippen molar-refractivity contribution in [1.29, 1.82) is 0 Å². The molecule has 1 amide bonds. The molecule has 3 N–H and O–H groups in total. The van der Waals surface area contributed by atoms with Crippen molar-refractivity contribution in [2.24, 2.45) is 0 Å². The van der Waals surface area contributed by atoms with Crippen LogP contribution in [0.1, 0.15) is 36.0 Å². The highest BCUT2D eigenvalue weighted by Crippen LogP contribution is 2.16. The van der Waals surface area contributed by atoms with E-state index in [1.54, 1.807) is 18.2 Å². The van der Waals surface area contributed by atoms with E-state index in [0.717, 1.165) is 32.2 Å². The number of carboxylic acids is 1. The molecule has 5 heteroatoms. The Morgan fingerprint density at radius 1 is 1.21 bits per heavy atom. The van der Waals surface area contributed by atoms with Crippen molar-refractivity contribution in [3.8, 4) is 0 Å². The molecule has 5 nitrogen and oxygen atoms in total. The number of rotatable bonds is 3. The Morgan fingerprint density at radius 3 is 2.79 bits per heavy atom. The van der Waals surface area contributed by atoms with Crippen LogP contribution in [0.5, 0.6) is 0 Å². The topological polar surface area (TPSA) is 78.4 Å². The van der Waals surface area contributed by atoms with E-state index < -0.39 is 5.97 Å². The maximum absolute atomic E-state index is 12.1. The van der Waals surface area contributed by atoms with Crippen LogP contribution in [0.15, 0.2) is 24.3 Å². The molecule has 102 valence electrons. The van der Waals surface area contributed by atoms with Gasteiger partial charge in [0.2, 0.25) is 5.91 Å². The van der Waals surface area contributed by atoms with Crippen LogP contribution in [0.4, 0.5) is 5.69 Å². The van der Waals surface area contributed by atoms with E-state index in [0.29, 0.717) is 5.69 Å². The fourth-order valence-corrected chi connectivity index (χ4v) is 2.25. The lowest BCUT2D eigenvalue weighted by Crippen LogP contribution is -2.40. The first-order valence-corrected chi connectivity index (χ1v) is 6.55. The first kappa shape index (κ1) is 13.5. The average molecular weight is 262 g/mol. The van der Waals surface area contributed by atoms with Crippen LogP contribution in [0, 0.1) is 0 Å². The summed E-state index contributed by atoms with van der Waals surface area (Å²) in [5.41, 5.74) is 0.468. The Hall–Kier alpha value is -1.88. The molecular formula is C14H18N2O3. The largest absolute Gasteiger partial charge is 0.478 e. The Morgan fingerprint density at radius 2 is 2.00 bits per heavy atom. The molecule has 0 aromatic heterocycles. The van der Waals surface area contributed by atoms with Gasteiger partial charge in [-0.3, -0.25) is 4.79 Å². The standard InChI is InChI=1S/C14H18N2O3/c17-13(12-8-2-1-5-9-15-12)16-11-7-4-3-6-10(11)14(18)19/h3-4,6-7,12,15H,1-2,5,8-9H2,(H,16,17)(H,18,19). The second-order valence-electron chi connectivity index (χ2n) is 4.70. The van der Waals surface area contributed by atoms with Crippen LogP contribution in [0.25, 0.3) is 0 Å². The number of hydrogen-bond donors (Lipinski definition) is 3. The summed E-state index contributed by atoms with van der Waals surface area (Å²) in [7, 11) is 0. The van der Waals surface area contributed by atoms with Crippen molar-refractivity contribution in [3.05, 3.63) is 29.8 Å². The van der Waals surface area contributed by atoms with Gasteiger partial charge in [-0.1, -0.05) is 25.0 Å². The molecule has 1 unspecified atom stereocenters. The van der Waals surface area contributed by atoms with E-state index in [1.807, 2.05) is 0 Å². The smallest absolute Gasteiger partial charge is 0.337 e. The summed E-state index contributed by atoms with van der Waals surface area (Å²) in [6, 6.07) is 6.21. The van der Waals surface area contributed by atoms with Gasteiger partial charge < -0.3 is 15.7 Å². The third-order valence-corrected chi connectivity index (χ3v) is 3.29. The minimum atomic E-state index is -1.04. The highest BCUT2D eigenvalue weighted by Gasteiger charge is 2.21. The molecule has 0 bridgehead atoms. The Bertz CT molecular complexity index is 466. The third kappa shape index (κ3) is 3.54. The zero-order chi connectivity index (χ0) is 13.7. The molecule has 1 saturated heterocycles. The van der Waals surface area contributed by atoms with E-state index >= 15 is 0 Å². The van der Waals surface area contributed by atoms with Crippen LogP contribution in [0.3, 0.4) is 0 Å². The first-order chi connectivity index (χ1) is 9.18. The van der Waals surface area contributed by atoms with E-state index in [4.69, 9.17) is 5.11 Å². The fraction of sp³-hybridized carbons (Fsp3) is 0.429. The number of carbonyl (C=O) groups excluding carboxylic acids is 1. The number of hydrogen-bond acceptors (Lipinski definition) is 3. The first-order valence-electron chi connectivity index (χ1n) is 6.55. The molecule has 1 aliphatic rings. The molecular weight excluding hydrogens is 244 g/mol. The molecule has 0 saturated carbocycles. The number of para-hydroxylation sites is 1. The van der Waals surface area contributed by atoms with Gasteiger partial charge in [0, 0.05) is 0 Å². The molecule has 19 heavy (non-hydrogen) atoms. The zero-order valence-electron chi connectivity index (χ0n) is 10.7. The maximum atomic E-state index is 12.1. The summed E-state index contributed by atoms with van der Waals surface area (Å²) in [4.78, 5) is 23.2. The highest BCUT2D eigenvalue weighted by atomic mass is 16.4. The minimum absolute atomic E-state index is 0.115. The van der Waals surface area contributed by atoms with Crippen LogP contribution >= 0.6 is 0 Å². The van der Waals surface area contributed by atoms with Gasteiger partial charge >= 0.3 is 5.97 Å². The number of carbonyl (C=O) groups is 2. The Kier molecular flexibility index (Phi) is 4.52. The lowest BCUT2D eigenvalue weighted by molar-refractivity contribution is -0.118. The summed E-state index contributed by atoms with van der Waals surface area (Å²) in [5, 5.41) is 15.0. The Balaban J connectivity index is 2.07. The number of carboxylic acid groups (broad SMARTS) is 1. The number of amides is 1. The van der Waals surface area contributed by atoms with Gasteiger partial charge in [0.05, 0.1) is 17.3 Å². The molecule has 1 aromatic rings. The monoisotopic (exact) mass is 262 g/mol. The van der Waals surface area contributed by atoms with E-state index in [1.165, 1.54) is 6.07 Å². The van der Waals surface area contributed by atoms with Crippen molar-refractivity contribution in [3.63, 3.8) is 0 Å². The lowest BCUT2D eigenvalue weighted by atomic mass is 10.1. The van der Waals surface area contributed by atoms with Gasteiger partial charge in [-0.25, -0.2) is 4.79 Å². The van der Waals surface area contributed by atoms with Crippen LogP contribution in [-0.4, -0.2) is 29.6 Å². The highest BCUT2D eigenvalue weighted by molar-refractivity contribution is 6.02. The predicted molar refractivity (Wildman–Crippen MR) is 72.3 cm³/mol. The van der Waals surface area contributed by atoms with Gasteiger partial charge in [-0.05, 0) is 31.5 Å². The van der Waals surface area contributed by atoms with Crippen molar-refractivity contribution in [2.75, 3.05) is 11.9 Å². The van der Waals surface area contributed by atoms with Crippen molar-refractivity contribution in [1.82, 2.24) is 5.32 Å². The Labute approximate surface area is 112 Å². The summed E-state index contributed by atoms with van der Waals surface area (Å²) >= 11 is 0. The number of aromatic carboxylic acids is 1. The average Bonchev–Trinajstić information content (AvgIpc) is 2.68. The van der Waals surface area contributed by atoms with Gasteiger partial charge in [-0.2, -0.15) is 0 Å². The minimum Gasteiger partial charge on any atom is -0.478 e. The molecule has 1 fully saturated rings. The molecule has 2 rings (SSSR count). The maximum Gasteiger partial charge on any atom is 0.337 e. The van der Waals surface area contributed by atoms with E-state index in [2.05, 4.69) is 10.6 Å². The lowest BCUT2D eigenvalue weighted by Gasteiger charge is -2.16. The van der Waals surface area contributed by atoms with Gasteiger partial charge in [0.1, 0.15) is 0 Å². The van der Waals surface area contributed by atoms with Crippen LogP contribution in [-0.2, 0) is 4.79 Å². The summed E-state index contributed by atoms with van der Waals surface area (Å²) in [6.07, 6.45) is 4.02. The molecule has 1 aliphatic heterocycles. The van der Waals surface area contributed by atoms with Gasteiger partial charge in [0.15, 0.2) is 0 Å². The predicted octanol–water partition coefficient (Wildman–Crippen LogP) is 1.86. The van der Waals surface area contributed by atoms with Gasteiger partial charge in [0.25, 0.3) is 0 Å². The van der Waals surface area contributed by atoms with Crippen LogP contribution < -0.4 is 10.6 Å². The quantitative estimate of drug-likeness (QED) is 0.777. The third-order valence-electron chi connectivity index (χ3n) is 3.29. The summed E-state index contributed by atoms with van der Waals surface area (Å²) < 4.78 is 0. The molecule has 0 aliphatic carbocycles. The zero-order valence-corrected chi connectivity index (χ0v) is 10.7. The summed E-state index contributed by atoms with van der Waals surface area (Å²) in [5.74, 6) is -1.19. The molecule has 1 aromatic carbocycles. The summed E-state index contributed by atoms with van der Waals surface area (Å²) in [6.45, 7) is 0.832. The SMILES string of the molecule is O=C(O)c1ccccc1NC(=O)C1CCCCCN1. The molecule has 0 radical (unpaired) electrons. The van der Waals surface area contributed by atoms with Crippen molar-refractivity contribution in [2.45, 2.75) is 31.7 Å². The normalized spacial score (nSPS) is 19.5. The molecule has 0 spiro atoms. The van der Waals surface area contributed by atoms with Crippen LogP contribution in [0.2, 0.25) is 0 Å². The second kappa shape index (κ2) is 6.33.